The molecule has 0 radical (unpaired) electrons. The third-order valence-corrected chi connectivity index (χ3v) is 6.36. The Hall–Kier alpha value is -4.19. The second-order valence-electron chi connectivity index (χ2n) is 9.20. The molecule has 2 aliphatic heterocycles. The summed E-state index contributed by atoms with van der Waals surface area (Å²) in [6.45, 7) is 2.84. The molecule has 208 valence electrons. The van der Waals surface area contributed by atoms with Gasteiger partial charge in [0.05, 0.1) is 31.1 Å². The topological polar surface area (TPSA) is 118 Å². The molecule has 2 saturated heterocycles. The van der Waals surface area contributed by atoms with Gasteiger partial charge in [0.25, 0.3) is 5.91 Å². The normalized spacial score (nSPS) is 17.1. The molecule has 2 aromatic carbocycles. The van der Waals surface area contributed by atoms with Crippen LogP contribution < -0.4 is 15.1 Å². The zero-order chi connectivity index (χ0) is 27.8. The summed E-state index contributed by atoms with van der Waals surface area (Å²) in [4.78, 5) is 52.4. The molecular formula is C27H31FN4O7. The van der Waals surface area contributed by atoms with Crippen molar-refractivity contribution < 1.29 is 37.8 Å². The molecule has 1 unspecified atom stereocenters. The second-order valence-corrected chi connectivity index (χ2v) is 9.20. The maximum Gasteiger partial charge on any atom is 0.414 e. The van der Waals surface area contributed by atoms with Gasteiger partial charge in [-0.15, -0.1) is 0 Å². The highest BCUT2D eigenvalue weighted by molar-refractivity contribution is 5.90. The number of rotatable bonds is 10. The summed E-state index contributed by atoms with van der Waals surface area (Å²) in [7, 11) is 0. The van der Waals surface area contributed by atoms with Gasteiger partial charge in [0, 0.05) is 33.1 Å². The van der Waals surface area contributed by atoms with E-state index in [9.17, 15) is 19.2 Å². The molecule has 2 fully saturated rings. The predicted molar refractivity (Wildman–Crippen MR) is 139 cm³/mol. The van der Waals surface area contributed by atoms with Crippen LogP contribution in [0.1, 0.15) is 12.5 Å². The number of nitrogens with one attached hydrogen (secondary N) is 1. The van der Waals surface area contributed by atoms with Crippen LogP contribution in [0.3, 0.4) is 0 Å². The number of amides is 3. The first-order valence-corrected chi connectivity index (χ1v) is 12.6. The highest BCUT2D eigenvalue weighted by Gasteiger charge is 2.33. The number of carbonyl (C=O) groups excluding carboxylic acids is 4. The van der Waals surface area contributed by atoms with Gasteiger partial charge in [-0.2, -0.15) is 0 Å². The summed E-state index contributed by atoms with van der Waals surface area (Å²) in [5, 5.41) is 2.60. The van der Waals surface area contributed by atoms with E-state index in [2.05, 4.69) is 5.32 Å². The van der Waals surface area contributed by atoms with Crippen molar-refractivity contribution >= 4 is 35.3 Å². The Kier molecular flexibility index (Phi) is 9.31. The van der Waals surface area contributed by atoms with E-state index in [1.165, 1.54) is 17.9 Å². The van der Waals surface area contributed by atoms with Crippen molar-refractivity contribution in [3.8, 4) is 0 Å². The Morgan fingerprint density at radius 1 is 1.05 bits per heavy atom. The number of hydrogen-bond donors (Lipinski definition) is 1. The lowest BCUT2D eigenvalue weighted by molar-refractivity contribution is -0.156. The summed E-state index contributed by atoms with van der Waals surface area (Å²) >= 11 is 0. The Morgan fingerprint density at radius 3 is 2.49 bits per heavy atom. The minimum absolute atomic E-state index is 0.183. The first-order valence-electron chi connectivity index (χ1n) is 12.6. The van der Waals surface area contributed by atoms with Gasteiger partial charge in [-0.3, -0.25) is 14.5 Å². The molecule has 0 aromatic heterocycles. The summed E-state index contributed by atoms with van der Waals surface area (Å²) in [5.74, 6) is -1.69. The predicted octanol–water partition coefficient (Wildman–Crippen LogP) is 1.70. The van der Waals surface area contributed by atoms with Crippen molar-refractivity contribution in [2.24, 2.45) is 0 Å². The first-order chi connectivity index (χ1) is 18.8. The van der Waals surface area contributed by atoms with Gasteiger partial charge in [-0.25, -0.2) is 14.0 Å². The smallest absolute Gasteiger partial charge is 0.414 e. The van der Waals surface area contributed by atoms with Crippen molar-refractivity contribution in [3.63, 3.8) is 0 Å². The molecule has 4 rings (SSSR count). The average Bonchev–Trinajstić information content (AvgIpc) is 3.31. The minimum Gasteiger partial charge on any atom is -0.454 e. The van der Waals surface area contributed by atoms with Crippen LogP contribution in [-0.4, -0.2) is 87.4 Å². The molecule has 0 aliphatic carbocycles. The van der Waals surface area contributed by atoms with Crippen LogP contribution in [0, 0.1) is 5.82 Å². The highest BCUT2D eigenvalue weighted by atomic mass is 19.1. The van der Waals surface area contributed by atoms with Crippen LogP contribution in [0.4, 0.5) is 20.6 Å². The molecule has 0 saturated carbocycles. The number of anilines is 2. The standard InChI is InChI=1S/C27H31FN4O7/c1-19(33)29-14-22-15-32(27(36)39-22)21-7-8-24(23(28)13-21)30-9-11-31(12-10-30)25(34)17-38-26(35)18-37-16-20-5-3-2-4-6-20/h2-8,13,22H,9-12,14-18H2,1H3,(H,29,33). The number of halogens is 1. The Morgan fingerprint density at radius 2 is 1.79 bits per heavy atom. The van der Waals surface area contributed by atoms with Gasteiger partial charge in [0.15, 0.2) is 6.61 Å². The Labute approximate surface area is 225 Å². The van der Waals surface area contributed by atoms with Crippen LogP contribution in [0.2, 0.25) is 0 Å². The quantitative estimate of drug-likeness (QED) is 0.451. The third kappa shape index (κ3) is 7.66. The number of hydrogen-bond acceptors (Lipinski definition) is 8. The van der Waals surface area contributed by atoms with E-state index >= 15 is 4.39 Å². The summed E-state index contributed by atoms with van der Waals surface area (Å²) in [5.41, 5.74) is 1.64. The molecular weight excluding hydrogens is 511 g/mol. The largest absolute Gasteiger partial charge is 0.454 e. The number of esters is 1. The molecule has 1 atom stereocenters. The molecule has 2 heterocycles. The number of nitrogens with zero attached hydrogens (tertiary/aromatic N) is 3. The maximum absolute atomic E-state index is 15.0. The van der Waals surface area contributed by atoms with Gasteiger partial charge in [-0.05, 0) is 23.8 Å². The SMILES string of the molecule is CC(=O)NCC1CN(c2ccc(N3CCN(C(=O)COC(=O)COCc4ccccc4)CC3)c(F)c2)C(=O)O1. The Balaban J connectivity index is 1.20. The van der Waals surface area contributed by atoms with Gasteiger partial charge in [0.2, 0.25) is 5.91 Å². The first kappa shape index (κ1) is 27.8. The number of benzene rings is 2. The maximum atomic E-state index is 15.0. The molecule has 0 bridgehead atoms. The van der Waals surface area contributed by atoms with E-state index in [-0.39, 0.29) is 44.7 Å². The zero-order valence-corrected chi connectivity index (χ0v) is 21.6. The van der Waals surface area contributed by atoms with E-state index in [0.717, 1.165) is 5.56 Å². The lowest BCUT2D eigenvalue weighted by atomic mass is 10.2. The van der Waals surface area contributed by atoms with E-state index in [0.29, 0.717) is 37.6 Å². The van der Waals surface area contributed by atoms with Crippen molar-refractivity contribution in [2.75, 3.05) is 62.3 Å². The highest BCUT2D eigenvalue weighted by Crippen LogP contribution is 2.28. The molecule has 0 spiro atoms. The van der Waals surface area contributed by atoms with Gasteiger partial charge in [0.1, 0.15) is 18.5 Å². The number of ether oxygens (including phenoxy) is 3. The summed E-state index contributed by atoms with van der Waals surface area (Å²) in [6.07, 6.45) is -1.12. The Bertz CT molecular complexity index is 1190. The van der Waals surface area contributed by atoms with Crippen molar-refractivity contribution in [3.05, 3.63) is 59.9 Å². The van der Waals surface area contributed by atoms with Crippen molar-refractivity contribution in [1.29, 1.82) is 0 Å². The number of cyclic esters (lactones) is 1. The van der Waals surface area contributed by atoms with E-state index in [1.807, 2.05) is 35.2 Å². The van der Waals surface area contributed by atoms with E-state index in [1.54, 1.807) is 17.0 Å². The fourth-order valence-corrected chi connectivity index (χ4v) is 4.31. The summed E-state index contributed by atoms with van der Waals surface area (Å²) < 4.78 is 30.6. The van der Waals surface area contributed by atoms with Gasteiger partial charge in [-0.1, -0.05) is 30.3 Å². The average molecular weight is 543 g/mol. The number of piperazine rings is 1. The summed E-state index contributed by atoms with van der Waals surface area (Å²) in [6, 6.07) is 13.9. The van der Waals surface area contributed by atoms with Gasteiger partial charge >= 0.3 is 12.1 Å². The van der Waals surface area contributed by atoms with Crippen LogP contribution in [-0.2, 0) is 35.2 Å². The third-order valence-electron chi connectivity index (χ3n) is 6.36. The number of carbonyl (C=O) groups is 4. The van der Waals surface area contributed by atoms with Crippen LogP contribution >= 0.6 is 0 Å². The van der Waals surface area contributed by atoms with Crippen molar-refractivity contribution in [1.82, 2.24) is 10.2 Å². The molecule has 3 amide bonds. The minimum atomic E-state index is -0.622. The van der Waals surface area contributed by atoms with Crippen molar-refractivity contribution in [2.45, 2.75) is 19.6 Å². The fraction of sp³-hybridized carbons (Fsp3) is 0.407. The molecule has 39 heavy (non-hydrogen) atoms. The van der Waals surface area contributed by atoms with Crippen LogP contribution in [0.25, 0.3) is 0 Å². The van der Waals surface area contributed by atoms with E-state index in [4.69, 9.17) is 14.2 Å². The molecule has 1 N–H and O–H groups in total. The molecule has 12 heteroatoms. The second kappa shape index (κ2) is 13.1. The molecule has 2 aromatic rings. The fourth-order valence-electron chi connectivity index (χ4n) is 4.31. The monoisotopic (exact) mass is 542 g/mol. The van der Waals surface area contributed by atoms with Crippen LogP contribution in [0.15, 0.2) is 48.5 Å². The zero-order valence-electron chi connectivity index (χ0n) is 21.6. The molecule has 11 nitrogen and oxygen atoms in total. The van der Waals surface area contributed by atoms with E-state index < -0.39 is 24.0 Å². The lowest BCUT2D eigenvalue weighted by Gasteiger charge is -2.36. The van der Waals surface area contributed by atoms with Gasteiger partial charge < -0.3 is 29.3 Å². The lowest BCUT2D eigenvalue weighted by Crippen LogP contribution is -2.50. The van der Waals surface area contributed by atoms with Crippen LogP contribution in [0.5, 0.6) is 0 Å². The molecule has 2 aliphatic rings.